The number of aliphatic carboxylic acids is 1. The Kier molecular flexibility index (Phi) is 4.32. The van der Waals surface area contributed by atoms with Crippen molar-refractivity contribution < 1.29 is 9.90 Å². The fourth-order valence-electron chi connectivity index (χ4n) is 2.46. The summed E-state index contributed by atoms with van der Waals surface area (Å²) in [6.07, 6.45) is 0.466. The Labute approximate surface area is 125 Å². The van der Waals surface area contributed by atoms with Crippen LogP contribution in [0, 0.1) is 0 Å². The van der Waals surface area contributed by atoms with Gasteiger partial charge in [0.1, 0.15) is 0 Å². The number of carbonyl (C=O) groups is 1. The number of carboxylic acids is 1. The molecule has 21 heavy (non-hydrogen) atoms. The topological polar surface area (TPSA) is 40.5 Å². The molecular weight excluding hydrogens is 262 g/mol. The zero-order chi connectivity index (χ0) is 15.5. The van der Waals surface area contributed by atoms with Crippen molar-refractivity contribution in [1.82, 2.24) is 0 Å². The van der Waals surface area contributed by atoms with Gasteiger partial charge in [0.05, 0.1) is 5.41 Å². The number of carboxylic acid groups (broad SMARTS) is 1. The summed E-state index contributed by atoms with van der Waals surface area (Å²) in [5.74, 6) is -0.802. The van der Waals surface area contributed by atoms with Crippen molar-refractivity contribution in [1.29, 1.82) is 0 Å². The molecular formula is C18H21NO2. The van der Waals surface area contributed by atoms with E-state index in [0.29, 0.717) is 6.42 Å². The molecule has 0 aromatic heterocycles. The lowest BCUT2D eigenvalue weighted by molar-refractivity contribution is -0.143. The van der Waals surface area contributed by atoms with E-state index in [1.54, 1.807) is 6.92 Å². The van der Waals surface area contributed by atoms with Crippen molar-refractivity contribution in [2.45, 2.75) is 18.8 Å². The summed E-state index contributed by atoms with van der Waals surface area (Å²) >= 11 is 0. The molecule has 0 saturated carbocycles. The third-order valence-electron chi connectivity index (χ3n) is 3.87. The molecule has 0 saturated heterocycles. The first kappa shape index (κ1) is 15.1. The van der Waals surface area contributed by atoms with Crippen molar-refractivity contribution in [3.8, 4) is 0 Å². The van der Waals surface area contributed by atoms with Crippen molar-refractivity contribution >= 4 is 11.7 Å². The first-order chi connectivity index (χ1) is 9.93. The van der Waals surface area contributed by atoms with E-state index in [-0.39, 0.29) is 0 Å². The Morgan fingerprint density at radius 3 is 2.33 bits per heavy atom. The van der Waals surface area contributed by atoms with Crippen LogP contribution in [0.3, 0.4) is 0 Å². The number of anilines is 1. The highest BCUT2D eigenvalue weighted by molar-refractivity contribution is 5.81. The van der Waals surface area contributed by atoms with Crippen LogP contribution in [0.1, 0.15) is 18.1 Å². The maximum absolute atomic E-state index is 11.8. The third-order valence-corrected chi connectivity index (χ3v) is 3.87. The average molecular weight is 283 g/mol. The minimum Gasteiger partial charge on any atom is -0.481 e. The van der Waals surface area contributed by atoms with Gasteiger partial charge in [-0.2, -0.15) is 0 Å². The van der Waals surface area contributed by atoms with Crippen molar-refractivity contribution in [3.05, 3.63) is 65.7 Å². The van der Waals surface area contributed by atoms with Gasteiger partial charge in [0, 0.05) is 19.8 Å². The molecule has 0 fully saturated rings. The summed E-state index contributed by atoms with van der Waals surface area (Å²) in [7, 11) is 3.96. The highest BCUT2D eigenvalue weighted by atomic mass is 16.4. The summed E-state index contributed by atoms with van der Waals surface area (Å²) in [4.78, 5) is 13.9. The Morgan fingerprint density at radius 2 is 1.76 bits per heavy atom. The SMILES string of the molecule is CN(C)c1cccc(CC(C)(C(=O)O)c2ccccc2)c1. The minimum absolute atomic E-state index is 0.466. The summed E-state index contributed by atoms with van der Waals surface area (Å²) in [5.41, 5.74) is 2.00. The lowest BCUT2D eigenvalue weighted by Gasteiger charge is -2.26. The van der Waals surface area contributed by atoms with Crippen LogP contribution in [0.2, 0.25) is 0 Å². The molecule has 0 bridgehead atoms. The maximum atomic E-state index is 11.8. The number of rotatable bonds is 5. The minimum atomic E-state index is -0.924. The molecule has 0 aliphatic rings. The van der Waals surface area contributed by atoms with E-state index in [1.807, 2.05) is 73.6 Å². The molecule has 0 spiro atoms. The van der Waals surface area contributed by atoms with E-state index in [2.05, 4.69) is 0 Å². The second-order valence-corrected chi connectivity index (χ2v) is 5.74. The van der Waals surface area contributed by atoms with E-state index in [1.165, 1.54) is 0 Å². The molecule has 0 radical (unpaired) electrons. The van der Waals surface area contributed by atoms with Gasteiger partial charge < -0.3 is 10.0 Å². The molecule has 3 nitrogen and oxygen atoms in total. The molecule has 3 heteroatoms. The van der Waals surface area contributed by atoms with Crippen LogP contribution in [0.5, 0.6) is 0 Å². The van der Waals surface area contributed by atoms with Gasteiger partial charge in [-0.3, -0.25) is 4.79 Å². The second-order valence-electron chi connectivity index (χ2n) is 5.74. The number of hydrogen-bond donors (Lipinski definition) is 1. The van der Waals surface area contributed by atoms with Crippen LogP contribution in [0.15, 0.2) is 54.6 Å². The Morgan fingerprint density at radius 1 is 1.10 bits per heavy atom. The predicted molar refractivity (Wildman–Crippen MR) is 85.9 cm³/mol. The van der Waals surface area contributed by atoms with E-state index in [9.17, 15) is 9.90 Å². The van der Waals surface area contributed by atoms with Gasteiger partial charge in [-0.25, -0.2) is 0 Å². The largest absolute Gasteiger partial charge is 0.481 e. The quantitative estimate of drug-likeness (QED) is 0.915. The van der Waals surface area contributed by atoms with Crippen LogP contribution >= 0.6 is 0 Å². The van der Waals surface area contributed by atoms with Gasteiger partial charge in [-0.1, -0.05) is 42.5 Å². The van der Waals surface area contributed by atoms with Gasteiger partial charge >= 0.3 is 5.97 Å². The third kappa shape index (κ3) is 3.24. The van der Waals surface area contributed by atoms with Gasteiger partial charge in [-0.15, -0.1) is 0 Å². The zero-order valence-corrected chi connectivity index (χ0v) is 12.7. The summed E-state index contributed by atoms with van der Waals surface area (Å²) in [6, 6.07) is 17.4. The molecule has 1 N–H and O–H groups in total. The van der Waals surface area contributed by atoms with Crippen LogP contribution in [0.25, 0.3) is 0 Å². The number of hydrogen-bond acceptors (Lipinski definition) is 2. The number of nitrogens with zero attached hydrogens (tertiary/aromatic N) is 1. The zero-order valence-electron chi connectivity index (χ0n) is 12.7. The average Bonchev–Trinajstić information content (AvgIpc) is 2.48. The molecule has 0 aliphatic heterocycles. The maximum Gasteiger partial charge on any atom is 0.314 e. The van der Waals surface area contributed by atoms with E-state index in [0.717, 1.165) is 16.8 Å². The van der Waals surface area contributed by atoms with Crippen LogP contribution in [-0.2, 0) is 16.6 Å². The summed E-state index contributed by atoms with van der Waals surface area (Å²) < 4.78 is 0. The van der Waals surface area contributed by atoms with Crippen LogP contribution < -0.4 is 4.90 Å². The molecule has 2 aromatic carbocycles. The van der Waals surface area contributed by atoms with E-state index >= 15 is 0 Å². The Bertz CT molecular complexity index is 622. The van der Waals surface area contributed by atoms with Gasteiger partial charge in [0.2, 0.25) is 0 Å². The van der Waals surface area contributed by atoms with Crippen molar-refractivity contribution in [3.63, 3.8) is 0 Å². The standard InChI is InChI=1S/C18H21NO2/c1-18(17(20)21,15-9-5-4-6-10-15)13-14-8-7-11-16(12-14)19(2)3/h4-12H,13H2,1-3H3,(H,20,21). The smallest absolute Gasteiger partial charge is 0.314 e. The van der Waals surface area contributed by atoms with Crippen LogP contribution in [0.4, 0.5) is 5.69 Å². The van der Waals surface area contributed by atoms with Crippen molar-refractivity contribution in [2.75, 3.05) is 19.0 Å². The van der Waals surface area contributed by atoms with Crippen molar-refractivity contribution in [2.24, 2.45) is 0 Å². The normalized spacial score (nSPS) is 13.5. The first-order valence-corrected chi connectivity index (χ1v) is 6.98. The fourth-order valence-corrected chi connectivity index (χ4v) is 2.46. The van der Waals surface area contributed by atoms with Gasteiger partial charge in [0.25, 0.3) is 0 Å². The van der Waals surface area contributed by atoms with E-state index < -0.39 is 11.4 Å². The number of benzene rings is 2. The summed E-state index contributed by atoms with van der Waals surface area (Å²) in [5, 5.41) is 9.72. The molecule has 110 valence electrons. The Balaban J connectivity index is 2.37. The molecule has 0 heterocycles. The molecule has 0 amide bonds. The Hall–Kier alpha value is -2.29. The predicted octanol–water partition coefficient (Wildman–Crippen LogP) is 3.34. The highest BCUT2D eigenvalue weighted by Crippen LogP contribution is 2.29. The lowest BCUT2D eigenvalue weighted by Crippen LogP contribution is -2.34. The van der Waals surface area contributed by atoms with Crippen LogP contribution in [-0.4, -0.2) is 25.2 Å². The molecule has 1 atom stereocenters. The monoisotopic (exact) mass is 283 g/mol. The highest BCUT2D eigenvalue weighted by Gasteiger charge is 2.35. The first-order valence-electron chi connectivity index (χ1n) is 6.98. The molecule has 1 unspecified atom stereocenters. The lowest BCUT2D eigenvalue weighted by atomic mass is 9.77. The van der Waals surface area contributed by atoms with Gasteiger partial charge in [-0.05, 0) is 36.6 Å². The second kappa shape index (κ2) is 6.00. The fraction of sp³-hybridized carbons (Fsp3) is 0.278. The molecule has 0 aliphatic carbocycles. The molecule has 2 rings (SSSR count). The van der Waals surface area contributed by atoms with E-state index in [4.69, 9.17) is 0 Å². The molecule has 2 aromatic rings. The summed E-state index contributed by atoms with van der Waals surface area (Å²) in [6.45, 7) is 1.78. The van der Waals surface area contributed by atoms with Gasteiger partial charge in [0.15, 0.2) is 0 Å².